The minimum atomic E-state index is -0.355. The van der Waals surface area contributed by atoms with E-state index in [1.807, 2.05) is 32.9 Å². The summed E-state index contributed by atoms with van der Waals surface area (Å²) >= 11 is 0. The summed E-state index contributed by atoms with van der Waals surface area (Å²) in [4.78, 5) is 13.6. The molecule has 0 aliphatic heterocycles. The minimum Gasteiger partial charge on any atom is -0.508 e. The summed E-state index contributed by atoms with van der Waals surface area (Å²) in [6, 6.07) is 6.90. The van der Waals surface area contributed by atoms with Crippen molar-refractivity contribution in [2.45, 2.75) is 27.3 Å². The van der Waals surface area contributed by atoms with E-state index >= 15 is 0 Å². The number of benzene rings is 1. The molecule has 0 unspecified atom stereocenters. The molecule has 0 saturated carbocycles. The molecule has 0 radical (unpaired) electrons. The molecular weight excluding hydrogens is 202 g/mol. The van der Waals surface area contributed by atoms with Gasteiger partial charge in [0, 0.05) is 19.0 Å². The van der Waals surface area contributed by atoms with E-state index in [9.17, 15) is 4.79 Å². The number of nitrogens with zero attached hydrogens (tertiary/aromatic N) is 1. The molecule has 1 aromatic rings. The predicted molar refractivity (Wildman–Crippen MR) is 64.0 cm³/mol. The molecule has 0 saturated heterocycles. The largest absolute Gasteiger partial charge is 0.508 e. The molecule has 1 N–H and O–H groups in total. The van der Waals surface area contributed by atoms with Gasteiger partial charge < -0.3 is 10.0 Å². The highest BCUT2D eigenvalue weighted by Gasteiger charge is 2.24. The SMILES string of the molecule is CN(Cc1ccc(O)cc1)C(=O)C(C)(C)C. The number of carbonyl (C=O) groups is 1. The van der Waals surface area contributed by atoms with Crippen LogP contribution in [0.15, 0.2) is 24.3 Å². The van der Waals surface area contributed by atoms with Crippen molar-refractivity contribution < 1.29 is 9.90 Å². The third-order valence-electron chi connectivity index (χ3n) is 2.34. The first-order valence-electron chi connectivity index (χ1n) is 5.34. The highest BCUT2D eigenvalue weighted by atomic mass is 16.3. The van der Waals surface area contributed by atoms with Crippen LogP contribution in [0.25, 0.3) is 0 Å². The summed E-state index contributed by atoms with van der Waals surface area (Å²) in [5.41, 5.74) is 0.656. The lowest BCUT2D eigenvalue weighted by Gasteiger charge is -2.26. The van der Waals surface area contributed by atoms with Gasteiger partial charge in [-0.25, -0.2) is 0 Å². The highest BCUT2D eigenvalue weighted by Crippen LogP contribution is 2.18. The maximum absolute atomic E-state index is 11.9. The van der Waals surface area contributed by atoms with E-state index in [-0.39, 0.29) is 17.1 Å². The van der Waals surface area contributed by atoms with E-state index in [1.54, 1.807) is 24.1 Å². The minimum absolute atomic E-state index is 0.112. The molecule has 1 amide bonds. The highest BCUT2D eigenvalue weighted by molar-refractivity contribution is 5.81. The second kappa shape index (κ2) is 4.56. The fourth-order valence-electron chi connectivity index (χ4n) is 1.52. The second-order valence-electron chi connectivity index (χ2n) is 5.08. The lowest BCUT2D eigenvalue weighted by atomic mass is 9.95. The number of hydrogen-bond donors (Lipinski definition) is 1. The molecule has 0 bridgehead atoms. The van der Waals surface area contributed by atoms with E-state index in [0.717, 1.165) is 5.56 Å². The lowest BCUT2D eigenvalue weighted by Crippen LogP contribution is -2.36. The molecule has 1 rings (SSSR count). The Hall–Kier alpha value is -1.51. The Morgan fingerprint density at radius 1 is 1.25 bits per heavy atom. The first-order valence-corrected chi connectivity index (χ1v) is 5.34. The van der Waals surface area contributed by atoms with Crippen molar-refractivity contribution in [1.29, 1.82) is 0 Å². The van der Waals surface area contributed by atoms with Gasteiger partial charge in [-0.05, 0) is 17.7 Å². The third-order valence-corrected chi connectivity index (χ3v) is 2.34. The molecule has 0 fully saturated rings. The van der Waals surface area contributed by atoms with Gasteiger partial charge in [0.15, 0.2) is 0 Å². The average molecular weight is 221 g/mol. The van der Waals surface area contributed by atoms with Gasteiger partial charge in [-0.15, -0.1) is 0 Å². The second-order valence-corrected chi connectivity index (χ2v) is 5.08. The van der Waals surface area contributed by atoms with Crippen molar-refractivity contribution >= 4 is 5.91 Å². The Bertz CT molecular complexity index is 363. The van der Waals surface area contributed by atoms with Crippen LogP contribution in [0.3, 0.4) is 0 Å². The summed E-state index contributed by atoms with van der Waals surface area (Å²) in [7, 11) is 1.79. The smallest absolute Gasteiger partial charge is 0.227 e. The molecule has 3 nitrogen and oxygen atoms in total. The number of amides is 1. The third kappa shape index (κ3) is 3.26. The fraction of sp³-hybridized carbons (Fsp3) is 0.462. The molecule has 3 heteroatoms. The number of phenolic OH excluding ortho intramolecular Hbond substituents is 1. The Labute approximate surface area is 96.7 Å². The maximum atomic E-state index is 11.9. The lowest BCUT2D eigenvalue weighted by molar-refractivity contribution is -0.138. The topological polar surface area (TPSA) is 40.5 Å². The van der Waals surface area contributed by atoms with Crippen molar-refractivity contribution in [2.75, 3.05) is 7.05 Å². The van der Waals surface area contributed by atoms with E-state index < -0.39 is 0 Å². The Balaban J connectivity index is 2.68. The number of phenols is 1. The molecule has 0 atom stereocenters. The van der Waals surface area contributed by atoms with Crippen LogP contribution in [-0.4, -0.2) is 23.0 Å². The van der Waals surface area contributed by atoms with Gasteiger partial charge >= 0.3 is 0 Å². The van der Waals surface area contributed by atoms with Crippen LogP contribution in [0.4, 0.5) is 0 Å². The Kier molecular flexibility index (Phi) is 3.58. The standard InChI is InChI=1S/C13H19NO2/c1-13(2,3)12(16)14(4)9-10-5-7-11(15)8-6-10/h5-8,15H,9H2,1-4H3. The molecular formula is C13H19NO2. The van der Waals surface area contributed by atoms with Crippen LogP contribution < -0.4 is 0 Å². The van der Waals surface area contributed by atoms with Crippen molar-refractivity contribution in [3.8, 4) is 5.75 Å². The van der Waals surface area contributed by atoms with E-state index in [4.69, 9.17) is 5.11 Å². The maximum Gasteiger partial charge on any atom is 0.227 e. The normalized spacial score (nSPS) is 11.2. The quantitative estimate of drug-likeness (QED) is 0.833. The molecule has 0 aromatic heterocycles. The monoisotopic (exact) mass is 221 g/mol. The Morgan fingerprint density at radius 3 is 2.19 bits per heavy atom. The Morgan fingerprint density at radius 2 is 1.75 bits per heavy atom. The van der Waals surface area contributed by atoms with Crippen LogP contribution in [0.2, 0.25) is 0 Å². The summed E-state index contributed by atoms with van der Waals surface area (Å²) < 4.78 is 0. The van der Waals surface area contributed by atoms with Gasteiger partial charge in [0.1, 0.15) is 5.75 Å². The predicted octanol–water partition coefficient (Wildman–Crippen LogP) is 2.40. The van der Waals surface area contributed by atoms with Crippen molar-refractivity contribution in [2.24, 2.45) is 5.41 Å². The molecule has 0 aliphatic rings. The number of aromatic hydroxyl groups is 1. The molecule has 0 heterocycles. The fourth-order valence-corrected chi connectivity index (χ4v) is 1.52. The summed E-state index contributed by atoms with van der Waals surface area (Å²) in [5, 5.41) is 9.15. The van der Waals surface area contributed by atoms with Crippen molar-refractivity contribution in [3.05, 3.63) is 29.8 Å². The van der Waals surface area contributed by atoms with Gasteiger partial charge in [-0.1, -0.05) is 32.9 Å². The zero-order chi connectivity index (χ0) is 12.3. The average Bonchev–Trinajstić information content (AvgIpc) is 2.19. The summed E-state index contributed by atoms with van der Waals surface area (Å²) in [6.45, 7) is 6.28. The van der Waals surface area contributed by atoms with Crippen LogP contribution >= 0.6 is 0 Å². The summed E-state index contributed by atoms with van der Waals surface area (Å²) in [5.74, 6) is 0.356. The van der Waals surface area contributed by atoms with Gasteiger partial charge in [0.05, 0.1) is 0 Å². The molecule has 0 spiro atoms. The van der Waals surface area contributed by atoms with Crippen LogP contribution in [0.5, 0.6) is 5.75 Å². The van der Waals surface area contributed by atoms with E-state index in [1.165, 1.54) is 0 Å². The molecule has 1 aromatic carbocycles. The first kappa shape index (κ1) is 12.6. The van der Waals surface area contributed by atoms with Gasteiger partial charge in [-0.3, -0.25) is 4.79 Å². The molecule has 0 aliphatic carbocycles. The van der Waals surface area contributed by atoms with E-state index in [0.29, 0.717) is 6.54 Å². The number of hydrogen-bond acceptors (Lipinski definition) is 2. The molecule has 88 valence electrons. The number of rotatable bonds is 2. The van der Waals surface area contributed by atoms with E-state index in [2.05, 4.69) is 0 Å². The van der Waals surface area contributed by atoms with Crippen LogP contribution in [0.1, 0.15) is 26.3 Å². The molecule has 16 heavy (non-hydrogen) atoms. The van der Waals surface area contributed by atoms with Crippen LogP contribution in [-0.2, 0) is 11.3 Å². The number of carbonyl (C=O) groups excluding carboxylic acids is 1. The van der Waals surface area contributed by atoms with Crippen molar-refractivity contribution in [3.63, 3.8) is 0 Å². The van der Waals surface area contributed by atoms with Gasteiger partial charge in [0.25, 0.3) is 0 Å². The van der Waals surface area contributed by atoms with Gasteiger partial charge in [0.2, 0.25) is 5.91 Å². The summed E-state index contributed by atoms with van der Waals surface area (Å²) in [6.07, 6.45) is 0. The zero-order valence-corrected chi connectivity index (χ0v) is 10.3. The van der Waals surface area contributed by atoms with Crippen LogP contribution in [0, 0.1) is 5.41 Å². The van der Waals surface area contributed by atoms with Crippen molar-refractivity contribution in [1.82, 2.24) is 4.90 Å². The van der Waals surface area contributed by atoms with Gasteiger partial charge in [-0.2, -0.15) is 0 Å². The zero-order valence-electron chi connectivity index (χ0n) is 10.3. The first-order chi connectivity index (χ1) is 7.30.